The van der Waals surface area contributed by atoms with E-state index in [1.807, 2.05) is 25.1 Å². The normalized spacial score (nSPS) is 10.1. The van der Waals surface area contributed by atoms with Crippen molar-refractivity contribution in [3.8, 4) is 11.5 Å². The standard InChI is InChI=1S/C16H16BrNO3/c1-10-6-4-5-7-11(10)16(19)18-13-9-14(20-2)12(17)8-15(13)21-3/h4-9H,1-3H3,(H,18,19). The minimum absolute atomic E-state index is 0.184. The van der Waals surface area contributed by atoms with E-state index < -0.39 is 0 Å². The topological polar surface area (TPSA) is 47.6 Å². The highest BCUT2D eigenvalue weighted by atomic mass is 79.9. The van der Waals surface area contributed by atoms with Crippen LogP contribution in [0.1, 0.15) is 15.9 Å². The maximum atomic E-state index is 12.4. The SMILES string of the molecule is COc1cc(NC(=O)c2ccccc2C)c(OC)cc1Br. The second-order valence-electron chi connectivity index (χ2n) is 4.46. The minimum Gasteiger partial charge on any atom is -0.495 e. The highest BCUT2D eigenvalue weighted by molar-refractivity contribution is 9.10. The summed E-state index contributed by atoms with van der Waals surface area (Å²) >= 11 is 3.39. The summed E-state index contributed by atoms with van der Waals surface area (Å²) in [6, 6.07) is 10.9. The first-order valence-electron chi connectivity index (χ1n) is 6.35. The van der Waals surface area contributed by atoms with Crippen molar-refractivity contribution < 1.29 is 14.3 Å². The van der Waals surface area contributed by atoms with Crippen molar-refractivity contribution in [1.29, 1.82) is 0 Å². The molecule has 2 rings (SSSR count). The van der Waals surface area contributed by atoms with Gasteiger partial charge in [-0.3, -0.25) is 4.79 Å². The lowest BCUT2D eigenvalue weighted by Gasteiger charge is -2.14. The Balaban J connectivity index is 2.35. The molecule has 5 heteroatoms. The summed E-state index contributed by atoms with van der Waals surface area (Å²) in [6.07, 6.45) is 0. The van der Waals surface area contributed by atoms with Crippen LogP contribution < -0.4 is 14.8 Å². The quantitative estimate of drug-likeness (QED) is 0.906. The Hall–Kier alpha value is -2.01. The van der Waals surface area contributed by atoms with E-state index in [0.29, 0.717) is 22.7 Å². The van der Waals surface area contributed by atoms with Crippen molar-refractivity contribution in [2.24, 2.45) is 0 Å². The third-order valence-corrected chi connectivity index (χ3v) is 3.73. The molecule has 0 radical (unpaired) electrons. The van der Waals surface area contributed by atoms with Gasteiger partial charge < -0.3 is 14.8 Å². The van der Waals surface area contributed by atoms with Gasteiger partial charge in [-0.1, -0.05) is 18.2 Å². The molecule has 0 saturated heterocycles. The molecule has 0 unspecified atom stereocenters. The van der Waals surface area contributed by atoms with Gasteiger partial charge >= 0.3 is 0 Å². The number of ether oxygens (including phenoxy) is 2. The molecular formula is C16H16BrNO3. The number of methoxy groups -OCH3 is 2. The molecule has 2 aromatic rings. The Kier molecular flexibility index (Phi) is 4.85. The number of anilines is 1. The number of hydrogen-bond acceptors (Lipinski definition) is 3. The number of aryl methyl sites for hydroxylation is 1. The number of hydrogen-bond donors (Lipinski definition) is 1. The van der Waals surface area contributed by atoms with E-state index in [1.54, 1.807) is 32.4 Å². The van der Waals surface area contributed by atoms with Gasteiger partial charge in [0.25, 0.3) is 5.91 Å². The highest BCUT2D eigenvalue weighted by Crippen LogP contribution is 2.36. The van der Waals surface area contributed by atoms with E-state index >= 15 is 0 Å². The van der Waals surface area contributed by atoms with Crippen LogP contribution in [0.5, 0.6) is 11.5 Å². The fourth-order valence-corrected chi connectivity index (χ4v) is 2.46. The van der Waals surface area contributed by atoms with Gasteiger partial charge in [-0.2, -0.15) is 0 Å². The molecule has 0 saturated carbocycles. The molecule has 0 heterocycles. The van der Waals surface area contributed by atoms with E-state index in [0.717, 1.165) is 10.0 Å². The van der Waals surface area contributed by atoms with Crippen LogP contribution in [0, 0.1) is 6.92 Å². The first kappa shape index (κ1) is 15.4. The zero-order chi connectivity index (χ0) is 15.4. The van der Waals surface area contributed by atoms with Crippen LogP contribution in [-0.2, 0) is 0 Å². The van der Waals surface area contributed by atoms with Crippen LogP contribution in [0.15, 0.2) is 40.9 Å². The first-order valence-corrected chi connectivity index (χ1v) is 7.14. The molecule has 0 aliphatic carbocycles. The van der Waals surface area contributed by atoms with Crippen molar-refractivity contribution in [3.63, 3.8) is 0 Å². The molecule has 4 nitrogen and oxygen atoms in total. The number of carbonyl (C=O) groups excluding carboxylic acids is 1. The van der Waals surface area contributed by atoms with Crippen molar-refractivity contribution in [2.75, 3.05) is 19.5 Å². The van der Waals surface area contributed by atoms with Gasteiger partial charge in [0.1, 0.15) is 11.5 Å². The molecule has 2 aromatic carbocycles. The van der Waals surface area contributed by atoms with Crippen LogP contribution in [0.25, 0.3) is 0 Å². The zero-order valence-corrected chi connectivity index (χ0v) is 13.7. The van der Waals surface area contributed by atoms with E-state index in [4.69, 9.17) is 9.47 Å². The van der Waals surface area contributed by atoms with Gasteiger partial charge in [0, 0.05) is 17.7 Å². The molecule has 0 fully saturated rings. The fourth-order valence-electron chi connectivity index (χ4n) is 1.98. The molecule has 0 bridgehead atoms. The van der Waals surface area contributed by atoms with Gasteiger partial charge in [0.2, 0.25) is 0 Å². The fraction of sp³-hybridized carbons (Fsp3) is 0.188. The highest BCUT2D eigenvalue weighted by Gasteiger charge is 2.14. The summed E-state index contributed by atoms with van der Waals surface area (Å²) in [4.78, 5) is 12.4. The average molecular weight is 350 g/mol. The predicted molar refractivity (Wildman–Crippen MR) is 86.4 cm³/mol. The second-order valence-corrected chi connectivity index (χ2v) is 5.31. The third kappa shape index (κ3) is 3.36. The molecule has 1 amide bonds. The number of halogens is 1. The van der Waals surface area contributed by atoms with E-state index in [9.17, 15) is 4.79 Å². The Labute approximate surface area is 132 Å². The Bertz CT molecular complexity index is 671. The maximum Gasteiger partial charge on any atom is 0.256 e. The largest absolute Gasteiger partial charge is 0.495 e. The smallest absolute Gasteiger partial charge is 0.256 e. The maximum absolute atomic E-state index is 12.4. The van der Waals surface area contributed by atoms with Crippen molar-refractivity contribution in [3.05, 3.63) is 52.0 Å². The lowest BCUT2D eigenvalue weighted by Crippen LogP contribution is -2.14. The summed E-state index contributed by atoms with van der Waals surface area (Å²) in [7, 11) is 3.12. The summed E-state index contributed by atoms with van der Waals surface area (Å²) in [5.41, 5.74) is 2.10. The second kappa shape index (κ2) is 6.63. The molecule has 0 atom stereocenters. The third-order valence-electron chi connectivity index (χ3n) is 3.11. The molecule has 0 aromatic heterocycles. The molecule has 1 N–H and O–H groups in total. The van der Waals surface area contributed by atoms with Crippen molar-refractivity contribution in [1.82, 2.24) is 0 Å². The minimum atomic E-state index is -0.184. The molecule has 0 spiro atoms. The predicted octanol–water partition coefficient (Wildman–Crippen LogP) is 4.03. The van der Waals surface area contributed by atoms with Crippen LogP contribution in [0.3, 0.4) is 0 Å². The first-order chi connectivity index (χ1) is 10.1. The Morgan fingerprint density at radius 2 is 1.76 bits per heavy atom. The van der Waals surface area contributed by atoms with Gasteiger partial charge in [-0.25, -0.2) is 0 Å². The molecule has 21 heavy (non-hydrogen) atoms. The van der Waals surface area contributed by atoms with Gasteiger partial charge in [-0.15, -0.1) is 0 Å². The van der Waals surface area contributed by atoms with Crippen molar-refractivity contribution in [2.45, 2.75) is 6.92 Å². The number of benzene rings is 2. The summed E-state index contributed by atoms with van der Waals surface area (Å²) in [5.74, 6) is 0.997. The Morgan fingerprint density at radius 1 is 1.10 bits per heavy atom. The van der Waals surface area contributed by atoms with E-state index in [1.165, 1.54) is 0 Å². The monoisotopic (exact) mass is 349 g/mol. The number of nitrogens with one attached hydrogen (secondary N) is 1. The number of rotatable bonds is 4. The molecule has 0 aliphatic heterocycles. The van der Waals surface area contributed by atoms with Gasteiger partial charge in [-0.05, 0) is 34.5 Å². The molecule has 110 valence electrons. The van der Waals surface area contributed by atoms with Crippen LogP contribution >= 0.6 is 15.9 Å². The lowest BCUT2D eigenvalue weighted by molar-refractivity contribution is 0.102. The average Bonchev–Trinajstić information content (AvgIpc) is 2.48. The molecular weight excluding hydrogens is 334 g/mol. The lowest BCUT2D eigenvalue weighted by atomic mass is 10.1. The number of carbonyl (C=O) groups is 1. The zero-order valence-electron chi connectivity index (χ0n) is 12.1. The van der Waals surface area contributed by atoms with E-state index in [-0.39, 0.29) is 5.91 Å². The summed E-state index contributed by atoms with van der Waals surface area (Å²) in [5, 5.41) is 2.86. The van der Waals surface area contributed by atoms with Gasteiger partial charge in [0.15, 0.2) is 0 Å². The van der Waals surface area contributed by atoms with Crippen molar-refractivity contribution >= 4 is 27.5 Å². The van der Waals surface area contributed by atoms with Crippen LogP contribution in [0.4, 0.5) is 5.69 Å². The summed E-state index contributed by atoms with van der Waals surface area (Å²) in [6.45, 7) is 1.90. The van der Waals surface area contributed by atoms with Crippen LogP contribution in [-0.4, -0.2) is 20.1 Å². The van der Waals surface area contributed by atoms with Gasteiger partial charge in [0.05, 0.1) is 24.4 Å². The molecule has 0 aliphatic rings. The Morgan fingerprint density at radius 3 is 2.38 bits per heavy atom. The summed E-state index contributed by atoms with van der Waals surface area (Å²) < 4.78 is 11.3. The van der Waals surface area contributed by atoms with E-state index in [2.05, 4.69) is 21.2 Å². The number of amides is 1. The van der Waals surface area contributed by atoms with Crippen LogP contribution in [0.2, 0.25) is 0 Å².